The van der Waals surface area contributed by atoms with Gasteiger partial charge in [0.25, 0.3) is 0 Å². The molecule has 0 fully saturated rings. The van der Waals surface area contributed by atoms with E-state index in [1.807, 2.05) is 13.0 Å². The van der Waals surface area contributed by atoms with Crippen LogP contribution in [-0.2, 0) is 4.79 Å². The number of ether oxygens (including phenoxy) is 1. The van der Waals surface area contributed by atoms with Crippen molar-refractivity contribution in [3.63, 3.8) is 0 Å². The maximum atomic E-state index is 10.3. The highest BCUT2D eigenvalue weighted by molar-refractivity contribution is 7.18. The number of carboxylic acids is 1. The van der Waals surface area contributed by atoms with Crippen LogP contribution in [0.3, 0.4) is 0 Å². The Morgan fingerprint density at radius 2 is 2.40 bits per heavy atom. The summed E-state index contributed by atoms with van der Waals surface area (Å²) < 4.78 is 5.05. The van der Waals surface area contributed by atoms with Gasteiger partial charge in [-0.2, -0.15) is 0 Å². The molecule has 15 heavy (non-hydrogen) atoms. The Morgan fingerprint density at radius 1 is 1.60 bits per heavy atom. The average Bonchev–Trinajstić information content (AvgIpc) is 2.55. The summed E-state index contributed by atoms with van der Waals surface area (Å²) in [7, 11) is 0. The molecule has 0 atom stereocenters. The van der Waals surface area contributed by atoms with Gasteiger partial charge in [0.1, 0.15) is 11.2 Å². The summed E-state index contributed by atoms with van der Waals surface area (Å²) in [6, 6.07) is 1.89. The first-order chi connectivity index (χ1) is 7.16. The molecule has 0 aromatic carbocycles. The molecule has 5 nitrogen and oxygen atoms in total. The molecule has 0 saturated heterocycles. The number of aromatic nitrogens is 2. The Bertz CT molecular complexity index is 509. The molecule has 0 amide bonds. The molecule has 2 aromatic rings. The van der Waals surface area contributed by atoms with Gasteiger partial charge in [0, 0.05) is 4.88 Å². The molecule has 78 valence electrons. The van der Waals surface area contributed by atoms with Crippen molar-refractivity contribution in [3.8, 4) is 5.88 Å². The van der Waals surface area contributed by atoms with E-state index in [4.69, 9.17) is 9.84 Å². The fraction of sp³-hybridized carbons (Fsp3) is 0.222. The van der Waals surface area contributed by atoms with E-state index in [-0.39, 0.29) is 6.61 Å². The zero-order valence-electron chi connectivity index (χ0n) is 7.93. The number of nitrogens with zero attached hydrogens (tertiary/aromatic N) is 2. The molecule has 0 saturated carbocycles. The number of carbonyl (C=O) groups is 1. The SMILES string of the molecule is Cc1cc2c(OCC(=O)O)ncnc2s1. The highest BCUT2D eigenvalue weighted by Gasteiger charge is 2.09. The van der Waals surface area contributed by atoms with Crippen LogP contribution in [0.25, 0.3) is 10.2 Å². The van der Waals surface area contributed by atoms with E-state index in [1.54, 1.807) is 0 Å². The number of hydrogen-bond acceptors (Lipinski definition) is 5. The first-order valence-electron chi connectivity index (χ1n) is 4.22. The molecular formula is C9H8N2O3S. The number of aliphatic carboxylic acids is 1. The van der Waals surface area contributed by atoms with Gasteiger partial charge < -0.3 is 9.84 Å². The Hall–Kier alpha value is -1.69. The van der Waals surface area contributed by atoms with Crippen LogP contribution in [0.1, 0.15) is 4.88 Å². The van der Waals surface area contributed by atoms with Gasteiger partial charge in [0.05, 0.1) is 5.39 Å². The summed E-state index contributed by atoms with van der Waals surface area (Å²) in [5.41, 5.74) is 0. The van der Waals surface area contributed by atoms with Crippen molar-refractivity contribution in [2.45, 2.75) is 6.92 Å². The van der Waals surface area contributed by atoms with E-state index in [0.717, 1.165) is 15.1 Å². The molecule has 0 radical (unpaired) electrons. The van der Waals surface area contributed by atoms with Crippen LogP contribution in [0.4, 0.5) is 0 Å². The predicted octanol–water partition coefficient (Wildman–Crippen LogP) is 1.46. The number of fused-ring (bicyclic) bond motifs is 1. The highest BCUT2D eigenvalue weighted by Crippen LogP contribution is 2.28. The number of aryl methyl sites for hydroxylation is 1. The molecule has 2 rings (SSSR count). The second-order valence-corrected chi connectivity index (χ2v) is 4.17. The van der Waals surface area contributed by atoms with Gasteiger partial charge in [-0.3, -0.25) is 0 Å². The molecular weight excluding hydrogens is 216 g/mol. The summed E-state index contributed by atoms with van der Waals surface area (Å²) in [6.07, 6.45) is 1.37. The van der Waals surface area contributed by atoms with Crippen molar-refractivity contribution in [2.24, 2.45) is 0 Å². The first-order valence-corrected chi connectivity index (χ1v) is 5.04. The van der Waals surface area contributed by atoms with E-state index in [1.165, 1.54) is 17.7 Å². The lowest BCUT2D eigenvalue weighted by Gasteiger charge is -2.01. The normalized spacial score (nSPS) is 10.5. The van der Waals surface area contributed by atoms with Gasteiger partial charge in [-0.15, -0.1) is 11.3 Å². The van der Waals surface area contributed by atoms with E-state index in [0.29, 0.717) is 5.88 Å². The zero-order valence-corrected chi connectivity index (χ0v) is 8.74. The highest BCUT2D eigenvalue weighted by atomic mass is 32.1. The first kappa shape index (κ1) is 9.85. The molecule has 0 spiro atoms. The fourth-order valence-electron chi connectivity index (χ4n) is 1.20. The topological polar surface area (TPSA) is 72.3 Å². The largest absolute Gasteiger partial charge is 0.479 e. The van der Waals surface area contributed by atoms with Crippen molar-refractivity contribution < 1.29 is 14.6 Å². The molecule has 1 N–H and O–H groups in total. The van der Waals surface area contributed by atoms with E-state index in [9.17, 15) is 4.79 Å². The van der Waals surface area contributed by atoms with Gasteiger partial charge >= 0.3 is 5.97 Å². The van der Waals surface area contributed by atoms with Gasteiger partial charge in [0.2, 0.25) is 5.88 Å². The van der Waals surface area contributed by atoms with Crippen molar-refractivity contribution >= 4 is 27.5 Å². The number of rotatable bonds is 3. The number of hydrogen-bond donors (Lipinski definition) is 1. The standard InChI is InChI=1S/C9H8N2O3S/c1-5-2-6-8(14-3-7(12)13)10-4-11-9(6)15-5/h2,4H,3H2,1H3,(H,12,13). The number of thiophene rings is 1. The summed E-state index contributed by atoms with van der Waals surface area (Å²) in [5, 5.41) is 9.25. The Balaban J connectivity index is 2.37. The maximum absolute atomic E-state index is 10.3. The van der Waals surface area contributed by atoms with Gasteiger partial charge in [0.15, 0.2) is 6.61 Å². The molecule has 6 heteroatoms. The van der Waals surface area contributed by atoms with Crippen molar-refractivity contribution in [1.82, 2.24) is 9.97 Å². The summed E-state index contributed by atoms with van der Waals surface area (Å²) in [5.74, 6) is -0.694. The summed E-state index contributed by atoms with van der Waals surface area (Å²) in [6.45, 7) is 1.56. The van der Waals surface area contributed by atoms with Gasteiger partial charge in [-0.05, 0) is 13.0 Å². The molecule has 2 heterocycles. The molecule has 0 aliphatic carbocycles. The van der Waals surface area contributed by atoms with Gasteiger partial charge in [-0.25, -0.2) is 14.8 Å². The van der Waals surface area contributed by atoms with Crippen LogP contribution in [0.2, 0.25) is 0 Å². The second kappa shape index (κ2) is 3.82. The van der Waals surface area contributed by atoms with Crippen LogP contribution >= 0.6 is 11.3 Å². The Kier molecular flexibility index (Phi) is 2.51. The van der Waals surface area contributed by atoms with Crippen molar-refractivity contribution in [3.05, 3.63) is 17.3 Å². The zero-order chi connectivity index (χ0) is 10.8. The average molecular weight is 224 g/mol. The van der Waals surface area contributed by atoms with Crippen LogP contribution in [0, 0.1) is 6.92 Å². The third-order valence-electron chi connectivity index (χ3n) is 1.75. The molecule has 0 aliphatic heterocycles. The molecule has 0 bridgehead atoms. The maximum Gasteiger partial charge on any atom is 0.341 e. The van der Waals surface area contributed by atoms with Crippen LogP contribution in [0.5, 0.6) is 5.88 Å². The third-order valence-corrected chi connectivity index (χ3v) is 2.71. The Labute approximate surface area is 89.4 Å². The van der Waals surface area contributed by atoms with Crippen LogP contribution in [0.15, 0.2) is 12.4 Å². The lowest BCUT2D eigenvalue weighted by molar-refractivity contribution is -0.139. The minimum Gasteiger partial charge on any atom is -0.479 e. The lowest BCUT2D eigenvalue weighted by atomic mass is 10.4. The minimum atomic E-state index is -1.02. The van der Waals surface area contributed by atoms with Crippen LogP contribution < -0.4 is 4.74 Å². The monoisotopic (exact) mass is 224 g/mol. The predicted molar refractivity (Wildman–Crippen MR) is 55.3 cm³/mol. The fourth-order valence-corrected chi connectivity index (χ4v) is 2.04. The quantitative estimate of drug-likeness (QED) is 0.854. The number of carboxylic acid groups (broad SMARTS) is 1. The smallest absolute Gasteiger partial charge is 0.341 e. The van der Waals surface area contributed by atoms with Crippen LogP contribution in [-0.4, -0.2) is 27.7 Å². The van der Waals surface area contributed by atoms with Crippen molar-refractivity contribution in [2.75, 3.05) is 6.61 Å². The second-order valence-electron chi connectivity index (χ2n) is 2.94. The molecule has 0 aliphatic rings. The van der Waals surface area contributed by atoms with Crippen molar-refractivity contribution in [1.29, 1.82) is 0 Å². The molecule has 0 unspecified atom stereocenters. The summed E-state index contributed by atoms with van der Waals surface area (Å²) >= 11 is 1.52. The Morgan fingerprint density at radius 3 is 3.13 bits per heavy atom. The van der Waals surface area contributed by atoms with E-state index in [2.05, 4.69) is 9.97 Å². The summed E-state index contributed by atoms with van der Waals surface area (Å²) in [4.78, 5) is 20.2. The van der Waals surface area contributed by atoms with Gasteiger partial charge in [-0.1, -0.05) is 0 Å². The van der Waals surface area contributed by atoms with E-state index >= 15 is 0 Å². The van der Waals surface area contributed by atoms with E-state index < -0.39 is 5.97 Å². The minimum absolute atomic E-state index is 0.326. The lowest BCUT2D eigenvalue weighted by Crippen LogP contribution is -2.10. The molecule has 2 aromatic heterocycles. The third kappa shape index (κ3) is 2.04.